The largest absolute Gasteiger partial charge is 0.496 e. The van der Waals surface area contributed by atoms with Gasteiger partial charge in [-0.25, -0.2) is 4.79 Å². The molecule has 0 spiro atoms. The van der Waals surface area contributed by atoms with E-state index in [-0.39, 0.29) is 6.61 Å². The van der Waals surface area contributed by atoms with E-state index in [2.05, 4.69) is 21.0 Å². The standard InChI is InChI=1S/C15H15BrN2O3/c1-20-14-5-4-13(16)11-12(14)3-6-15(19)21-10-9-18-8-2-7-17-18/h2-8,11H,9-10H2,1H3/b6-3+. The Morgan fingerprint density at radius 2 is 2.33 bits per heavy atom. The molecule has 21 heavy (non-hydrogen) atoms. The molecule has 0 aliphatic heterocycles. The maximum absolute atomic E-state index is 11.6. The summed E-state index contributed by atoms with van der Waals surface area (Å²) >= 11 is 3.38. The van der Waals surface area contributed by atoms with Gasteiger partial charge >= 0.3 is 5.97 Å². The van der Waals surface area contributed by atoms with Crippen LogP contribution in [0.15, 0.2) is 47.2 Å². The van der Waals surface area contributed by atoms with Crippen LogP contribution in [0, 0.1) is 0 Å². The third-order valence-electron chi connectivity index (χ3n) is 2.71. The van der Waals surface area contributed by atoms with E-state index in [0.29, 0.717) is 12.3 Å². The molecule has 0 amide bonds. The second-order valence-electron chi connectivity index (χ2n) is 4.16. The van der Waals surface area contributed by atoms with Crippen LogP contribution in [0.2, 0.25) is 0 Å². The number of ether oxygens (including phenoxy) is 2. The molecule has 0 aliphatic carbocycles. The van der Waals surface area contributed by atoms with E-state index in [1.54, 1.807) is 24.1 Å². The first kappa shape index (κ1) is 15.3. The van der Waals surface area contributed by atoms with Crippen LogP contribution in [0.25, 0.3) is 6.08 Å². The minimum atomic E-state index is -0.399. The van der Waals surface area contributed by atoms with Crippen molar-refractivity contribution < 1.29 is 14.3 Å². The quantitative estimate of drug-likeness (QED) is 0.593. The van der Waals surface area contributed by atoms with E-state index in [4.69, 9.17) is 9.47 Å². The number of carbonyl (C=O) groups excluding carboxylic acids is 1. The highest BCUT2D eigenvalue weighted by molar-refractivity contribution is 9.10. The third-order valence-corrected chi connectivity index (χ3v) is 3.21. The molecule has 0 saturated carbocycles. The second kappa shape index (κ2) is 7.64. The molecule has 6 heteroatoms. The molecule has 0 bridgehead atoms. The first-order valence-electron chi connectivity index (χ1n) is 6.35. The van der Waals surface area contributed by atoms with Crippen molar-refractivity contribution in [1.29, 1.82) is 0 Å². The van der Waals surface area contributed by atoms with Gasteiger partial charge in [-0.05, 0) is 30.3 Å². The molecule has 2 aromatic rings. The van der Waals surface area contributed by atoms with Crippen LogP contribution in [0.3, 0.4) is 0 Å². The fourth-order valence-corrected chi connectivity index (χ4v) is 2.09. The zero-order chi connectivity index (χ0) is 15.1. The smallest absolute Gasteiger partial charge is 0.330 e. The maximum atomic E-state index is 11.6. The molecule has 110 valence electrons. The number of methoxy groups -OCH3 is 1. The maximum Gasteiger partial charge on any atom is 0.330 e. The van der Waals surface area contributed by atoms with E-state index in [1.807, 2.05) is 30.5 Å². The Kier molecular flexibility index (Phi) is 5.57. The number of benzene rings is 1. The van der Waals surface area contributed by atoms with Crippen molar-refractivity contribution >= 4 is 28.0 Å². The molecule has 1 heterocycles. The van der Waals surface area contributed by atoms with Gasteiger partial charge in [0.2, 0.25) is 0 Å². The van der Waals surface area contributed by atoms with Crippen molar-refractivity contribution in [2.45, 2.75) is 6.54 Å². The average Bonchev–Trinajstić information content (AvgIpc) is 2.98. The van der Waals surface area contributed by atoms with E-state index < -0.39 is 5.97 Å². The third kappa shape index (κ3) is 4.75. The normalized spacial score (nSPS) is 10.8. The first-order chi connectivity index (χ1) is 10.2. The lowest BCUT2D eigenvalue weighted by atomic mass is 10.2. The van der Waals surface area contributed by atoms with Gasteiger partial charge in [0.05, 0.1) is 13.7 Å². The van der Waals surface area contributed by atoms with Gasteiger partial charge in [0.25, 0.3) is 0 Å². The Morgan fingerprint density at radius 1 is 1.48 bits per heavy atom. The van der Waals surface area contributed by atoms with Crippen molar-refractivity contribution in [2.75, 3.05) is 13.7 Å². The number of aromatic nitrogens is 2. The van der Waals surface area contributed by atoms with Crippen LogP contribution >= 0.6 is 15.9 Å². The van der Waals surface area contributed by atoms with Gasteiger partial charge in [-0.2, -0.15) is 5.10 Å². The van der Waals surface area contributed by atoms with Crippen LogP contribution < -0.4 is 4.74 Å². The lowest BCUT2D eigenvalue weighted by Crippen LogP contribution is -2.09. The zero-order valence-corrected chi connectivity index (χ0v) is 13.1. The number of halogens is 1. The number of hydrogen-bond donors (Lipinski definition) is 0. The molecule has 0 fully saturated rings. The van der Waals surface area contributed by atoms with Crippen molar-refractivity contribution in [3.8, 4) is 5.75 Å². The van der Waals surface area contributed by atoms with Crippen molar-refractivity contribution in [2.24, 2.45) is 0 Å². The van der Waals surface area contributed by atoms with Gasteiger partial charge in [0, 0.05) is 28.5 Å². The molecule has 0 radical (unpaired) electrons. The van der Waals surface area contributed by atoms with Crippen molar-refractivity contribution in [1.82, 2.24) is 9.78 Å². The summed E-state index contributed by atoms with van der Waals surface area (Å²) < 4.78 is 12.9. The molecule has 2 rings (SSSR count). The van der Waals surface area contributed by atoms with Gasteiger partial charge in [-0.15, -0.1) is 0 Å². The Bertz CT molecular complexity index is 624. The Balaban J connectivity index is 1.88. The summed E-state index contributed by atoms with van der Waals surface area (Å²) in [5.41, 5.74) is 0.802. The molecule has 0 unspecified atom stereocenters. The summed E-state index contributed by atoms with van der Waals surface area (Å²) in [5, 5.41) is 4.02. The minimum Gasteiger partial charge on any atom is -0.496 e. The zero-order valence-electron chi connectivity index (χ0n) is 11.5. The first-order valence-corrected chi connectivity index (χ1v) is 7.14. The summed E-state index contributed by atoms with van der Waals surface area (Å²) in [6.07, 6.45) is 6.55. The van der Waals surface area contributed by atoms with Crippen LogP contribution in [0.4, 0.5) is 0 Å². The van der Waals surface area contributed by atoms with Crippen LogP contribution in [0.1, 0.15) is 5.56 Å². The highest BCUT2D eigenvalue weighted by atomic mass is 79.9. The minimum absolute atomic E-state index is 0.278. The summed E-state index contributed by atoms with van der Waals surface area (Å²) in [7, 11) is 1.59. The molecule has 1 aromatic heterocycles. The fraction of sp³-hybridized carbons (Fsp3) is 0.200. The van der Waals surface area contributed by atoms with Gasteiger partial charge in [0.1, 0.15) is 12.4 Å². The Hall–Kier alpha value is -2.08. The highest BCUT2D eigenvalue weighted by Crippen LogP contribution is 2.24. The van der Waals surface area contributed by atoms with Crippen LogP contribution in [-0.2, 0) is 16.1 Å². The Labute approximate surface area is 131 Å². The van der Waals surface area contributed by atoms with Gasteiger partial charge in [-0.3, -0.25) is 4.68 Å². The molecular formula is C15H15BrN2O3. The fourth-order valence-electron chi connectivity index (χ4n) is 1.71. The lowest BCUT2D eigenvalue weighted by Gasteiger charge is -2.05. The Morgan fingerprint density at radius 3 is 3.05 bits per heavy atom. The number of esters is 1. The lowest BCUT2D eigenvalue weighted by molar-refractivity contribution is -0.138. The molecular weight excluding hydrogens is 336 g/mol. The number of nitrogens with zero attached hydrogens (tertiary/aromatic N) is 2. The second-order valence-corrected chi connectivity index (χ2v) is 5.07. The average molecular weight is 351 g/mol. The van der Waals surface area contributed by atoms with Gasteiger partial charge < -0.3 is 9.47 Å². The molecule has 5 nitrogen and oxygen atoms in total. The number of rotatable bonds is 6. The molecule has 0 aliphatic rings. The SMILES string of the molecule is COc1ccc(Br)cc1/C=C/C(=O)OCCn1cccn1. The summed E-state index contributed by atoms with van der Waals surface area (Å²) in [6, 6.07) is 7.39. The summed E-state index contributed by atoms with van der Waals surface area (Å²) in [4.78, 5) is 11.6. The van der Waals surface area contributed by atoms with Crippen molar-refractivity contribution in [3.05, 3.63) is 52.8 Å². The van der Waals surface area contributed by atoms with E-state index in [1.165, 1.54) is 6.08 Å². The highest BCUT2D eigenvalue weighted by Gasteiger charge is 2.02. The van der Waals surface area contributed by atoms with Crippen LogP contribution in [0.5, 0.6) is 5.75 Å². The van der Waals surface area contributed by atoms with E-state index in [9.17, 15) is 4.79 Å². The molecule has 0 saturated heterocycles. The van der Waals surface area contributed by atoms with Crippen LogP contribution in [-0.4, -0.2) is 29.5 Å². The van der Waals surface area contributed by atoms with Gasteiger partial charge in [0.15, 0.2) is 0 Å². The summed E-state index contributed by atoms with van der Waals surface area (Å²) in [6.45, 7) is 0.813. The van der Waals surface area contributed by atoms with Crippen molar-refractivity contribution in [3.63, 3.8) is 0 Å². The van der Waals surface area contributed by atoms with E-state index in [0.717, 1.165) is 10.0 Å². The predicted octanol–water partition coefficient (Wildman–Crippen LogP) is 2.91. The summed E-state index contributed by atoms with van der Waals surface area (Å²) in [5.74, 6) is 0.294. The molecule has 1 aromatic carbocycles. The number of hydrogen-bond acceptors (Lipinski definition) is 4. The van der Waals surface area contributed by atoms with Gasteiger partial charge in [-0.1, -0.05) is 15.9 Å². The van der Waals surface area contributed by atoms with E-state index >= 15 is 0 Å². The topological polar surface area (TPSA) is 53.4 Å². The molecule has 0 atom stereocenters. The predicted molar refractivity (Wildman–Crippen MR) is 82.9 cm³/mol. The monoisotopic (exact) mass is 350 g/mol. The number of carbonyl (C=O) groups is 1. The molecule has 0 N–H and O–H groups in total.